The fourth-order valence-electron chi connectivity index (χ4n) is 3.06. The highest BCUT2D eigenvalue weighted by Gasteiger charge is 2.20. The smallest absolute Gasteiger partial charge is 0.0897 e. The Kier molecular flexibility index (Phi) is 6.62. The second kappa shape index (κ2) is 8.23. The summed E-state index contributed by atoms with van der Waals surface area (Å²) >= 11 is 0. The van der Waals surface area contributed by atoms with E-state index in [1.807, 2.05) is 0 Å². The molecule has 1 unspecified atom stereocenters. The lowest BCUT2D eigenvalue weighted by Crippen LogP contribution is -2.34. The van der Waals surface area contributed by atoms with Gasteiger partial charge in [-0.15, -0.1) is 0 Å². The van der Waals surface area contributed by atoms with Crippen molar-refractivity contribution >= 4 is 0 Å². The highest BCUT2D eigenvalue weighted by Crippen LogP contribution is 2.28. The van der Waals surface area contributed by atoms with E-state index in [1.165, 1.54) is 51.4 Å². The predicted octanol–water partition coefficient (Wildman–Crippen LogP) is 2.72. The van der Waals surface area contributed by atoms with E-state index < -0.39 is 0 Å². The normalized spacial score (nSPS) is 30.0. The number of rotatable bonds is 8. The zero-order valence-corrected chi connectivity index (χ0v) is 12.4. The summed E-state index contributed by atoms with van der Waals surface area (Å²) < 4.78 is 5.81. The van der Waals surface area contributed by atoms with Crippen molar-refractivity contribution in [3.8, 4) is 0 Å². The molecular formula is C16H31NO2. The van der Waals surface area contributed by atoms with Gasteiger partial charge in [-0.05, 0) is 50.5 Å². The Bertz CT molecular complexity index is 235. The lowest BCUT2D eigenvalue weighted by atomic mass is 9.83. The van der Waals surface area contributed by atoms with Crippen LogP contribution < -0.4 is 5.32 Å². The lowest BCUT2D eigenvalue weighted by Gasteiger charge is -2.27. The molecule has 0 aromatic heterocycles. The standard InChI is InChI=1S/C16H31NO2/c1-13-5-7-16(8-6-13)19-12-15(18)11-17-10-9-14-3-2-4-14/h13-18H,2-12H2,1H3. The first-order valence-corrected chi connectivity index (χ1v) is 8.24. The molecule has 0 heterocycles. The molecule has 2 aliphatic rings. The maximum atomic E-state index is 9.88. The van der Waals surface area contributed by atoms with Gasteiger partial charge in [0, 0.05) is 6.54 Å². The van der Waals surface area contributed by atoms with Crippen LogP contribution in [-0.2, 0) is 4.74 Å². The minimum atomic E-state index is -0.347. The Hall–Kier alpha value is -0.120. The van der Waals surface area contributed by atoms with Gasteiger partial charge < -0.3 is 15.2 Å². The average molecular weight is 269 g/mol. The monoisotopic (exact) mass is 269 g/mol. The Labute approximate surface area is 118 Å². The van der Waals surface area contributed by atoms with Crippen LogP contribution in [0.1, 0.15) is 58.3 Å². The number of aliphatic hydroxyl groups excluding tert-OH is 1. The van der Waals surface area contributed by atoms with Gasteiger partial charge in [0.15, 0.2) is 0 Å². The molecule has 3 nitrogen and oxygen atoms in total. The van der Waals surface area contributed by atoms with Crippen molar-refractivity contribution in [2.24, 2.45) is 11.8 Å². The first kappa shape index (κ1) is 15.3. The highest BCUT2D eigenvalue weighted by molar-refractivity contribution is 4.72. The van der Waals surface area contributed by atoms with E-state index in [0.717, 1.165) is 18.4 Å². The second-order valence-electron chi connectivity index (χ2n) is 6.66. The Morgan fingerprint density at radius 1 is 1.16 bits per heavy atom. The molecule has 2 aliphatic carbocycles. The van der Waals surface area contributed by atoms with E-state index in [2.05, 4.69) is 12.2 Å². The molecule has 19 heavy (non-hydrogen) atoms. The summed E-state index contributed by atoms with van der Waals surface area (Å²) in [6.07, 6.45) is 10.4. The number of ether oxygens (including phenoxy) is 1. The Morgan fingerprint density at radius 3 is 2.53 bits per heavy atom. The van der Waals surface area contributed by atoms with Gasteiger partial charge in [-0.25, -0.2) is 0 Å². The summed E-state index contributed by atoms with van der Waals surface area (Å²) in [4.78, 5) is 0. The van der Waals surface area contributed by atoms with E-state index in [4.69, 9.17) is 4.74 Å². The summed E-state index contributed by atoms with van der Waals surface area (Å²) in [6, 6.07) is 0. The van der Waals surface area contributed by atoms with Gasteiger partial charge in [0.1, 0.15) is 0 Å². The molecule has 0 aromatic carbocycles. The molecule has 112 valence electrons. The van der Waals surface area contributed by atoms with Crippen LogP contribution in [-0.4, -0.2) is 37.0 Å². The largest absolute Gasteiger partial charge is 0.389 e. The minimum Gasteiger partial charge on any atom is -0.389 e. The molecule has 0 radical (unpaired) electrons. The first-order chi connectivity index (χ1) is 9.24. The molecule has 1 atom stereocenters. The maximum Gasteiger partial charge on any atom is 0.0897 e. The molecule has 0 aromatic rings. The van der Waals surface area contributed by atoms with Gasteiger partial charge in [0.2, 0.25) is 0 Å². The molecule has 2 saturated carbocycles. The minimum absolute atomic E-state index is 0.347. The third-order valence-electron chi connectivity index (χ3n) is 4.82. The molecule has 0 saturated heterocycles. The summed E-state index contributed by atoms with van der Waals surface area (Å²) in [5.41, 5.74) is 0. The van der Waals surface area contributed by atoms with Crippen LogP contribution in [0, 0.1) is 11.8 Å². The van der Waals surface area contributed by atoms with Gasteiger partial charge in [-0.1, -0.05) is 26.2 Å². The Morgan fingerprint density at radius 2 is 1.89 bits per heavy atom. The number of hydrogen-bond acceptors (Lipinski definition) is 3. The maximum absolute atomic E-state index is 9.88. The van der Waals surface area contributed by atoms with Crippen molar-refractivity contribution < 1.29 is 9.84 Å². The topological polar surface area (TPSA) is 41.5 Å². The molecule has 2 rings (SSSR count). The number of hydrogen-bond donors (Lipinski definition) is 2. The van der Waals surface area contributed by atoms with Crippen LogP contribution >= 0.6 is 0 Å². The molecule has 3 heteroatoms. The van der Waals surface area contributed by atoms with Crippen molar-refractivity contribution in [2.45, 2.75) is 70.5 Å². The van der Waals surface area contributed by atoms with Crippen LogP contribution in [0.15, 0.2) is 0 Å². The van der Waals surface area contributed by atoms with Gasteiger partial charge in [-0.3, -0.25) is 0 Å². The van der Waals surface area contributed by atoms with Crippen LogP contribution in [0.25, 0.3) is 0 Å². The molecule has 2 fully saturated rings. The van der Waals surface area contributed by atoms with Crippen molar-refractivity contribution in [1.29, 1.82) is 0 Å². The first-order valence-electron chi connectivity index (χ1n) is 8.24. The van der Waals surface area contributed by atoms with E-state index >= 15 is 0 Å². The van der Waals surface area contributed by atoms with Gasteiger partial charge in [0.05, 0.1) is 18.8 Å². The Balaban J connectivity index is 1.43. The van der Waals surface area contributed by atoms with E-state index in [-0.39, 0.29) is 6.10 Å². The average Bonchev–Trinajstić information content (AvgIpc) is 2.36. The second-order valence-corrected chi connectivity index (χ2v) is 6.66. The molecule has 2 N–H and O–H groups in total. The number of aliphatic hydroxyl groups is 1. The van der Waals surface area contributed by atoms with Gasteiger partial charge in [0.25, 0.3) is 0 Å². The van der Waals surface area contributed by atoms with E-state index in [1.54, 1.807) is 0 Å². The number of nitrogens with one attached hydrogen (secondary N) is 1. The van der Waals surface area contributed by atoms with E-state index in [9.17, 15) is 5.11 Å². The fraction of sp³-hybridized carbons (Fsp3) is 1.00. The SMILES string of the molecule is CC1CCC(OCC(O)CNCCC2CCC2)CC1. The summed E-state index contributed by atoms with van der Waals surface area (Å²) in [6.45, 7) is 4.53. The summed E-state index contributed by atoms with van der Waals surface area (Å²) in [5.74, 6) is 1.81. The lowest BCUT2D eigenvalue weighted by molar-refractivity contribution is -0.0278. The zero-order chi connectivity index (χ0) is 13.5. The van der Waals surface area contributed by atoms with Crippen LogP contribution in [0.2, 0.25) is 0 Å². The van der Waals surface area contributed by atoms with Crippen LogP contribution in [0.3, 0.4) is 0 Å². The quantitative estimate of drug-likeness (QED) is 0.666. The highest BCUT2D eigenvalue weighted by atomic mass is 16.5. The third-order valence-corrected chi connectivity index (χ3v) is 4.82. The molecule has 0 spiro atoms. The van der Waals surface area contributed by atoms with Crippen molar-refractivity contribution in [2.75, 3.05) is 19.7 Å². The molecule has 0 bridgehead atoms. The predicted molar refractivity (Wildman–Crippen MR) is 78.2 cm³/mol. The van der Waals surface area contributed by atoms with Crippen molar-refractivity contribution in [3.05, 3.63) is 0 Å². The fourth-order valence-corrected chi connectivity index (χ4v) is 3.06. The molecule has 0 amide bonds. The van der Waals surface area contributed by atoms with Gasteiger partial charge >= 0.3 is 0 Å². The summed E-state index contributed by atoms with van der Waals surface area (Å²) in [7, 11) is 0. The van der Waals surface area contributed by atoms with Crippen molar-refractivity contribution in [3.63, 3.8) is 0 Å². The van der Waals surface area contributed by atoms with Gasteiger partial charge in [-0.2, -0.15) is 0 Å². The molecular weight excluding hydrogens is 238 g/mol. The van der Waals surface area contributed by atoms with Crippen LogP contribution in [0.5, 0.6) is 0 Å². The third kappa shape index (κ3) is 5.80. The summed E-state index contributed by atoms with van der Waals surface area (Å²) in [5, 5.41) is 13.2. The van der Waals surface area contributed by atoms with E-state index in [0.29, 0.717) is 19.3 Å². The van der Waals surface area contributed by atoms with Crippen molar-refractivity contribution in [1.82, 2.24) is 5.32 Å². The molecule has 0 aliphatic heterocycles. The van der Waals surface area contributed by atoms with Crippen LogP contribution in [0.4, 0.5) is 0 Å². The zero-order valence-electron chi connectivity index (χ0n) is 12.4.